The summed E-state index contributed by atoms with van der Waals surface area (Å²) < 4.78 is 0. The molecule has 0 aromatic heterocycles. The molecule has 0 aliphatic carbocycles. The molecular formula is H6Br5Na. The summed E-state index contributed by atoms with van der Waals surface area (Å²) >= 11 is 0. The fourth-order valence-electron chi connectivity index (χ4n) is 0. The first-order valence-electron chi connectivity index (χ1n) is 0. The third-order valence-corrected chi connectivity index (χ3v) is 0. The van der Waals surface area contributed by atoms with Crippen LogP contribution in [-0.2, 0) is 0 Å². The quantitative estimate of drug-likeness (QED) is 0.519. The second-order valence-electron chi connectivity index (χ2n) is 0. The number of hydrogen-bond acceptors (Lipinski definition) is 0. The van der Waals surface area contributed by atoms with Crippen molar-refractivity contribution in [3.05, 3.63) is 0 Å². The van der Waals surface area contributed by atoms with Crippen LogP contribution in [-0.4, -0.2) is 29.6 Å². The summed E-state index contributed by atoms with van der Waals surface area (Å²) in [6, 6.07) is 0. The summed E-state index contributed by atoms with van der Waals surface area (Å²) in [5.74, 6) is 0. The van der Waals surface area contributed by atoms with Gasteiger partial charge >= 0.3 is 29.6 Å². The number of halogens is 5. The molecule has 0 amide bonds. The van der Waals surface area contributed by atoms with E-state index in [0.29, 0.717) is 0 Å². The van der Waals surface area contributed by atoms with Gasteiger partial charge in [-0.3, -0.25) is 0 Å². The molecule has 0 N–H and O–H groups in total. The Kier molecular flexibility index (Phi) is 381. The van der Waals surface area contributed by atoms with Crippen LogP contribution in [0.1, 0.15) is 0 Å². The zero-order valence-corrected chi connectivity index (χ0v) is 10.6. The molecule has 42 valence electrons. The van der Waals surface area contributed by atoms with E-state index < -0.39 is 0 Å². The Morgan fingerprint density at radius 3 is 0.333 bits per heavy atom. The van der Waals surface area contributed by atoms with E-state index in [4.69, 9.17) is 0 Å². The molecule has 0 aliphatic heterocycles. The summed E-state index contributed by atoms with van der Waals surface area (Å²) in [4.78, 5) is 0. The molecule has 0 atom stereocenters. The van der Waals surface area contributed by atoms with Crippen LogP contribution in [0.5, 0.6) is 0 Å². The van der Waals surface area contributed by atoms with Crippen LogP contribution in [0.4, 0.5) is 0 Å². The van der Waals surface area contributed by atoms with Gasteiger partial charge in [0, 0.05) is 0 Å². The van der Waals surface area contributed by atoms with Crippen LogP contribution >= 0.6 is 84.9 Å². The van der Waals surface area contributed by atoms with Crippen molar-refractivity contribution in [2.45, 2.75) is 0 Å². The molecule has 0 saturated heterocycles. The van der Waals surface area contributed by atoms with Gasteiger partial charge in [0.2, 0.25) is 0 Å². The first-order valence-corrected chi connectivity index (χ1v) is 0. The molecule has 0 nitrogen and oxygen atoms in total. The van der Waals surface area contributed by atoms with E-state index in [9.17, 15) is 0 Å². The van der Waals surface area contributed by atoms with Gasteiger partial charge in [0.25, 0.3) is 0 Å². The molecule has 0 fully saturated rings. The maximum absolute atomic E-state index is 0. The normalized spacial score (nSPS) is 0. The van der Waals surface area contributed by atoms with Gasteiger partial charge in [0.1, 0.15) is 0 Å². The second-order valence-corrected chi connectivity index (χ2v) is 0. The van der Waals surface area contributed by atoms with Gasteiger partial charge in [-0.1, -0.05) is 0 Å². The second kappa shape index (κ2) is 39.8. The third-order valence-electron chi connectivity index (χ3n) is 0. The first-order chi connectivity index (χ1) is 0. The standard InChI is InChI=1S/5BrH.Na.H/h5*1H;;. The van der Waals surface area contributed by atoms with Crippen molar-refractivity contribution in [1.29, 1.82) is 0 Å². The van der Waals surface area contributed by atoms with Crippen molar-refractivity contribution in [1.82, 2.24) is 0 Å². The molecule has 0 aromatic rings. The van der Waals surface area contributed by atoms with E-state index in [0.717, 1.165) is 0 Å². The van der Waals surface area contributed by atoms with E-state index in [2.05, 4.69) is 0 Å². The van der Waals surface area contributed by atoms with Gasteiger partial charge in [-0.2, -0.15) is 0 Å². The Morgan fingerprint density at radius 2 is 0.333 bits per heavy atom. The summed E-state index contributed by atoms with van der Waals surface area (Å²) in [7, 11) is 0. The Hall–Kier alpha value is 3.40. The average molecular weight is 429 g/mol. The van der Waals surface area contributed by atoms with Crippen LogP contribution < -0.4 is 0 Å². The monoisotopic (exact) mass is 424 g/mol. The topological polar surface area (TPSA) is 0 Å². The Labute approximate surface area is 112 Å². The van der Waals surface area contributed by atoms with Crippen molar-refractivity contribution < 1.29 is 0 Å². The van der Waals surface area contributed by atoms with E-state index in [1.54, 1.807) is 0 Å². The first kappa shape index (κ1) is 57.4. The molecule has 6 heteroatoms. The maximum atomic E-state index is 0. The number of hydrogen-bond donors (Lipinski definition) is 0. The van der Waals surface area contributed by atoms with Crippen molar-refractivity contribution in [2.24, 2.45) is 0 Å². The SMILES string of the molecule is Br.Br.Br.Br.Br.[NaH]. The van der Waals surface area contributed by atoms with Crippen molar-refractivity contribution in [3.63, 3.8) is 0 Å². The molecular weight excluding hydrogens is 423 g/mol. The minimum absolute atomic E-state index is 0. The third kappa shape index (κ3) is 26.2. The van der Waals surface area contributed by atoms with Crippen molar-refractivity contribution >= 4 is 114 Å². The fourth-order valence-corrected chi connectivity index (χ4v) is 0. The molecule has 0 heterocycles. The summed E-state index contributed by atoms with van der Waals surface area (Å²) in [6.45, 7) is 0. The molecule has 0 bridgehead atoms. The Morgan fingerprint density at radius 1 is 0.333 bits per heavy atom. The van der Waals surface area contributed by atoms with Gasteiger partial charge in [-0.15, -0.1) is 84.9 Å². The number of rotatable bonds is 0. The zero-order chi connectivity index (χ0) is 0. The molecule has 0 aromatic carbocycles. The van der Waals surface area contributed by atoms with Crippen molar-refractivity contribution in [3.8, 4) is 0 Å². The predicted octanol–water partition coefficient (Wildman–Crippen LogP) is 2.24. The van der Waals surface area contributed by atoms with E-state index >= 15 is 0 Å². The Bertz CT molecular complexity index is 3.90. The summed E-state index contributed by atoms with van der Waals surface area (Å²) in [6.07, 6.45) is 0. The predicted molar refractivity (Wildman–Crippen MR) is 58.8 cm³/mol. The van der Waals surface area contributed by atoms with Crippen LogP contribution in [0.25, 0.3) is 0 Å². The van der Waals surface area contributed by atoms with Gasteiger partial charge in [0.15, 0.2) is 0 Å². The zero-order valence-electron chi connectivity index (χ0n) is 2.04. The Balaban J connectivity index is 0. The molecule has 0 saturated carbocycles. The molecule has 0 aliphatic rings. The van der Waals surface area contributed by atoms with Crippen LogP contribution in [0.3, 0.4) is 0 Å². The van der Waals surface area contributed by atoms with Crippen molar-refractivity contribution in [2.75, 3.05) is 0 Å². The van der Waals surface area contributed by atoms with Gasteiger partial charge in [-0.05, 0) is 0 Å². The molecule has 6 heavy (non-hydrogen) atoms. The van der Waals surface area contributed by atoms with Crippen LogP contribution in [0, 0.1) is 0 Å². The molecule has 0 spiro atoms. The summed E-state index contributed by atoms with van der Waals surface area (Å²) in [5.41, 5.74) is 0. The van der Waals surface area contributed by atoms with Crippen LogP contribution in [0.15, 0.2) is 0 Å². The molecule has 0 radical (unpaired) electrons. The van der Waals surface area contributed by atoms with E-state index in [-0.39, 0.29) is 114 Å². The molecule has 0 rings (SSSR count). The fraction of sp³-hybridized carbons (Fsp3) is 0. The van der Waals surface area contributed by atoms with Gasteiger partial charge in [0.05, 0.1) is 0 Å². The molecule has 0 unspecified atom stereocenters. The van der Waals surface area contributed by atoms with E-state index in [1.165, 1.54) is 0 Å². The summed E-state index contributed by atoms with van der Waals surface area (Å²) in [5, 5.41) is 0. The minimum atomic E-state index is 0. The van der Waals surface area contributed by atoms with Gasteiger partial charge in [-0.25, -0.2) is 0 Å². The van der Waals surface area contributed by atoms with Crippen LogP contribution in [0.2, 0.25) is 0 Å². The average Bonchev–Trinajstić information content (AvgIpc) is 0. The van der Waals surface area contributed by atoms with E-state index in [1.807, 2.05) is 0 Å². The van der Waals surface area contributed by atoms with Gasteiger partial charge < -0.3 is 0 Å².